The second-order valence-electron chi connectivity index (χ2n) is 2.11. The van der Waals surface area contributed by atoms with Gasteiger partial charge in [-0.2, -0.15) is 0 Å². The van der Waals surface area contributed by atoms with E-state index in [0.29, 0.717) is 0 Å². The zero-order valence-electron chi connectivity index (χ0n) is 7.37. The predicted octanol–water partition coefficient (Wildman–Crippen LogP) is 1.52. The fourth-order valence-corrected chi connectivity index (χ4v) is 0.650. The van der Waals surface area contributed by atoms with Gasteiger partial charge in [0.25, 0.3) is 0 Å². The van der Waals surface area contributed by atoms with E-state index in [4.69, 9.17) is 10.5 Å². The van der Waals surface area contributed by atoms with Crippen LogP contribution in [0.25, 0.3) is 0 Å². The molecule has 0 saturated heterocycles. The maximum absolute atomic E-state index is 8.81. The molecule has 3 heteroatoms. The van der Waals surface area contributed by atoms with E-state index in [0.717, 1.165) is 17.7 Å². The topological polar surface area (TPSA) is 55.1 Å². The molecular weight excluding hydrogens is 152 g/mol. The molecule has 0 bridgehead atoms. The van der Waals surface area contributed by atoms with Crippen molar-refractivity contribution in [1.82, 2.24) is 0 Å². The zero-order valence-corrected chi connectivity index (χ0v) is 7.37. The highest BCUT2D eigenvalue weighted by Gasteiger charge is 1.84. The van der Waals surface area contributed by atoms with Crippen LogP contribution in [0.1, 0.15) is 6.92 Å². The second kappa shape index (κ2) is 6.22. The highest BCUT2D eigenvalue weighted by atomic mass is 16.1. The largest absolute Gasteiger partial charge is 0.399 e. The van der Waals surface area contributed by atoms with Crippen molar-refractivity contribution < 1.29 is 4.79 Å². The Morgan fingerprint density at radius 2 is 1.75 bits per heavy atom. The number of carbonyl (C=O) groups is 1. The number of aldehydes is 1. The Hall–Kier alpha value is -1.51. The minimum absolute atomic E-state index is 0.750. The van der Waals surface area contributed by atoms with Crippen molar-refractivity contribution in [2.75, 3.05) is 18.1 Å². The lowest BCUT2D eigenvalue weighted by molar-refractivity contribution is -0.106. The molecule has 1 aromatic rings. The SMILES string of the molecule is CC=O.CNc1ccc(N)cc1. The first kappa shape index (κ1) is 10.5. The molecule has 0 aliphatic carbocycles. The molecule has 0 saturated carbocycles. The number of nitrogen functional groups attached to an aromatic ring is 1. The van der Waals surface area contributed by atoms with Crippen molar-refractivity contribution in [3.8, 4) is 0 Å². The summed E-state index contributed by atoms with van der Waals surface area (Å²) in [5.74, 6) is 0. The Bertz CT molecular complexity index is 218. The van der Waals surface area contributed by atoms with Gasteiger partial charge in [0.15, 0.2) is 0 Å². The summed E-state index contributed by atoms with van der Waals surface area (Å²) < 4.78 is 0. The smallest absolute Gasteiger partial charge is 0.116 e. The average molecular weight is 166 g/mol. The number of benzene rings is 1. The molecule has 0 amide bonds. The molecule has 0 aliphatic rings. The maximum atomic E-state index is 8.81. The first-order valence-corrected chi connectivity index (χ1v) is 3.67. The molecular formula is C9H14N2O. The van der Waals surface area contributed by atoms with Gasteiger partial charge in [0.2, 0.25) is 0 Å². The summed E-state index contributed by atoms with van der Waals surface area (Å²) in [6.07, 6.45) is 0.750. The van der Waals surface area contributed by atoms with E-state index >= 15 is 0 Å². The molecule has 0 spiro atoms. The molecule has 0 fully saturated rings. The van der Waals surface area contributed by atoms with E-state index in [1.54, 1.807) is 0 Å². The number of anilines is 2. The Kier molecular flexibility index (Phi) is 5.43. The van der Waals surface area contributed by atoms with Crippen molar-refractivity contribution in [2.45, 2.75) is 6.92 Å². The Balaban J connectivity index is 0.000000354. The average Bonchev–Trinajstić information content (AvgIpc) is 2.07. The van der Waals surface area contributed by atoms with Crippen molar-refractivity contribution in [3.05, 3.63) is 24.3 Å². The number of hydrogen-bond donors (Lipinski definition) is 2. The molecule has 0 radical (unpaired) electrons. The van der Waals surface area contributed by atoms with Gasteiger partial charge < -0.3 is 15.8 Å². The van der Waals surface area contributed by atoms with E-state index in [-0.39, 0.29) is 0 Å². The number of rotatable bonds is 1. The Morgan fingerprint density at radius 3 is 2.08 bits per heavy atom. The van der Waals surface area contributed by atoms with Crippen LogP contribution < -0.4 is 11.1 Å². The van der Waals surface area contributed by atoms with Crippen molar-refractivity contribution in [1.29, 1.82) is 0 Å². The highest BCUT2D eigenvalue weighted by Crippen LogP contribution is 2.08. The summed E-state index contributed by atoms with van der Waals surface area (Å²) in [6.45, 7) is 1.44. The molecule has 0 atom stereocenters. The van der Waals surface area contributed by atoms with Gasteiger partial charge in [0, 0.05) is 18.4 Å². The molecule has 0 aliphatic heterocycles. The Morgan fingerprint density at radius 1 is 1.33 bits per heavy atom. The van der Waals surface area contributed by atoms with E-state index in [1.165, 1.54) is 6.92 Å². The maximum Gasteiger partial charge on any atom is 0.116 e. The molecule has 1 aromatic carbocycles. The normalized spacial score (nSPS) is 7.83. The molecule has 12 heavy (non-hydrogen) atoms. The van der Waals surface area contributed by atoms with Crippen LogP contribution in [0.5, 0.6) is 0 Å². The van der Waals surface area contributed by atoms with Crippen LogP contribution in [0.4, 0.5) is 11.4 Å². The number of carbonyl (C=O) groups excluding carboxylic acids is 1. The van der Waals surface area contributed by atoms with Crippen LogP contribution in [0.15, 0.2) is 24.3 Å². The summed E-state index contributed by atoms with van der Waals surface area (Å²) in [7, 11) is 1.88. The van der Waals surface area contributed by atoms with Crippen LogP contribution >= 0.6 is 0 Å². The van der Waals surface area contributed by atoms with Crippen LogP contribution in [-0.2, 0) is 4.79 Å². The number of hydrogen-bond acceptors (Lipinski definition) is 3. The summed E-state index contributed by atoms with van der Waals surface area (Å²) in [5, 5.41) is 3.00. The van der Waals surface area contributed by atoms with Crippen LogP contribution in [-0.4, -0.2) is 13.3 Å². The third kappa shape index (κ3) is 4.33. The molecule has 3 N–H and O–H groups in total. The lowest BCUT2D eigenvalue weighted by Crippen LogP contribution is -1.88. The summed E-state index contributed by atoms with van der Waals surface area (Å²) in [5.41, 5.74) is 7.34. The van der Waals surface area contributed by atoms with Gasteiger partial charge in [0.1, 0.15) is 6.29 Å². The zero-order chi connectivity index (χ0) is 9.40. The van der Waals surface area contributed by atoms with E-state index in [2.05, 4.69) is 5.32 Å². The standard InChI is InChI=1S/C7H10N2.C2H4O/c1-9-7-4-2-6(8)3-5-7;1-2-3/h2-5,9H,8H2,1H3;2H,1H3. The van der Waals surface area contributed by atoms with Gasteiger partial charge in [0.05, 0.1) is 0 Å². The number of nitrogens with one attached hydrogen (secondary N) is 1. The quantitative estimate of drug-likeness (QED) is 0.491. The molecule has 66 valence electrons. The first-order valence-electron chi connectivity index (χ1n) is 3.67. The minimum Gasteiger partial charge on any atom is -0.399 e. The fraction of sp³-hybridized carbons (Fsp3) is 0.222. The fourth-order valence-electron chi connectivity index (χ4n) is 0.650. The molecule has 0 heterocycles. The minimum atomic E-state index is 0.750. The van der Waals surface area contributed by atoms with E-state index in [1.807, 2.05) is 31.3 Å². The molecule has 3 nitrogen and oxygen atoms in total. The van der Waals surface area contributed by atoms with E-state index in [9.17, 15) is 0 Å². The number of nitrogens with two attached hydrogens (primary N) is 1. The van der Waals surface area contributed by atoms with Gasteiger partial charge in [-0.15, -0.1) is 0 Å². The second-order valence-corrected chi connectivity index (χ2v) is 2.11. The summed E-state index contributed by atoms with van der Waals surface area (Å²) >= 11 is 0. The molecule has 0 unspecified atom stereocenters. The van der Waals surface area contributed by atoms with Crippen molar-refractivity contribution in [3.63, 3.8) is 0 Å². The Labute approximate surface area is 72.6 Å². The molecule has 1 rings (SSSR count). The lowest BCUT2D eigenvalue weighted by Gasteiger charge is -1.97. The third-order valence-electron chi connectivity index (χ3n) is 1.20. The third-order valence-corrected chi connectivity index (χ3v) is 1.20. The summed E-state index contributed by atoms with van der Waals surface area (Å²) in [4.78, 5) is 8.81. The van der Waals surface area contributed by atoms with E-state index < -0.39 is 0 Å². The van der Waals surface area contributed by atoms with Gasteiger partial charge >= 0.3 is 0 Å². The first-order chi connectivity index (χ1) is 5.74. The van der Waals surface area contributed by atoms with Gasteiger partial charge in [-0.25, -0.2) is 0 Å². The van der Waals surface area contributed by atoms with Crippen molar-refractivity contribution >= 4 is 17.7 Å². The highest BCUT2D eigenvalue weighted by molar-refractivity contribution is 5.50. The lowest BCUT2D eigenvalue weighted by atomic mass is 10.3. The summed E-state index contributed by atoms with van der Waals surface area (Å²) in [6, 6.07) is 7.61. The van der Waals surface area contributed by atoms with Gasteiger partial charge in [-0.3, -0.25) is 0 Å². The predicted molar refractivity (Wildman–Crippen MR) is 52.1 cm³/mol. The van der Waals surface area contributed by atoms with Crippen molar-refractivity contribution in [2.24, 2.45) is 0 Å². The van der Waals surface area contributed by atoms with Gasteiger partial charge in [-0.05, 0) is 31.2 Å². The van der Waals surface area contributed by atoms with Crippen LogP contribution in [0, 0.1) is 0 Å². The van der Waals surface area contributed by atoms with Crippen LogP contribution in [0.2, 0.25) is 0 Å². The van der Waals surface area contributed by atoms with Gasteiger partial charge in [-0.1, -0.05) is 0 Å². The molecule has 0 aromatic heterocycles. The monoisotopic (exact) mass is 166 g/mol. The van der Waals surface area contributed by atoms with Crippen LogP contribution in [0.3, 0.4) is 0 Å².